The molecule has 0 aliphatic carbocycles. The van der Waals surface area contributed by atoms with E-state index in [0.717, 1.165) is 0 Å². The zero-order valence-corrected chi connectivity index (χ0v) is 13.3. The fourth-order valence-corrected chi connectivity index (χ4v) is 1.38. The van der Waals surface area contributed by atoms with Crippen LogP contribution >= 0.6 is 12.4 Å². The summed E-state index contributed by atoms with van der Waals surface area (Å²) in [6, 6.07) is 6.14. The molecule has 1 aromatic rings. The van der Waals surface area contributed by atoms with Gasteiger partial charge in [0.2, 0.25) is 5.96 Å². The summed E-state index contributed by atoms with van der Waals surface area (Å²) in [6.45, 7) is -0.0989. The number of nitrogens with zero attached hydrogens (tertiary/aromatic N) is 2. The van der Waals surface area contributed by atoms with Crippen molar-refractivity contribution >= 4 is 36.1 Å². The Morgan fingerprint density at radius 2 is 2.05 bits per heavy atom. The quantitative estimate of drug-likeness (QED) is 0.486. The Kier molecular flexibility index (Phi) is 8.39. The molecule has 3 N–H and O–H groups in total. The first kappa shape index (κ1) is 19.5. The Morgan fingerprint density at radius 1 is 1.36 bits per heavy atom. The molecule has 0 aliphatic heterocycles. The SMILES string of the molecule is COC(=O)CN(C)C(N)=NC(=O)Nc1cccc(OC)c1.Cl. The standard InChI is InChI=1S/C13H18N4O4.ClH/c1-17(8-11(18)21-3)12(14)16-13(19)15-9-5-4-6-10(7-9)20-2;/h4-7H,8H2,1-3H3,(H3,14,15,16,19);1H. The van der Waals surface area contributed by atoms with Gasteiger partial charge in [0.1, 0.15) is 12.3 Å². The first-order valence-electron chi connectivity index (χ1n) is 6.03. The molecule has 0 fully saturated rings. The Labute approximate surface area is 134 Å². The summed E-state index contributed by atoms with van der Waals surface area (Å²) in [4.78, 5) is 27.7. The highest BCUT2D eigenvalue weighted by atomic mass is 35.5. The van der Waals surface area contributed by atoms with Crippen LogP contribution in [0.25, 0.3) is 0 Å². The summed E-state index contributed by atoms with van der Waals surface area (Å²) in [5.41, 5.74) is 6.13. The van der Waals surface area contributed by atoms with Gasteiger partial charge in [0, 0.05) is 18.8 Å². The zero-order chi connectivity index (χ0) is 15.8. The number of aliphatic imine (C=N–C) groups is 1. The normalized spacial score (nSPS) is 10.2. The number of hydrogen-bond donors (Lipinski definition) is 2. The lowest BCUT2D eigenvalue weighted by atomic mass is 10.3. The van der Waals surface area contributed by atoms with Gasteiger partial charge in [-0.2, -0.15) is 4.99 Å². The third kappa shape index (κ3) is 6.31. The number of hydrogen-bond acceptors (Lipinski definition) is 4. The lowest BCUT2D eigenvalue weighted by Crippen LogP contribution is -2.39. The number of urea groups is 1. The van der Waals surface area contributed by atoms with Crippen molar-refractivity contribution in [1.82, 2.24) is 4.90 Å². The van der Waals surface area contributed by atoms with Crippen molar-refractivity contribution in [2.45, 2.75) is 0 Å². The van der Waals surface area contributed by atoms with Crippen LogP contribution < -0.4 is 15.8 Å². The second kappa shape index (κ2) is 9.46. The van der Waals surface area contributed by atoms with Gasteiger partial charge in [0.05, 0.1) is 14.2 Å². The molecule has 1 rings (SSSR count). The molecule has 0 heterocycles. The fraction of sp³-hybridized carbons (Fsp3) is 0.308. The van der Waals surface area contributed by atoms with Gasteiger partial charge in [-0.3, -0.25) is 4.79 Å². The first-order chi connectivity index (χ1) is 9.96. The predicted molar refractivity (Wildman–Crippen MR) is 85.5 cm³/mol. The number of amides is 2. The minimum Gasteiger partial charge on any atom is -0.497 e. The lowest BCUT2D eigenvalue weighted by Gasteiger charge is -2.15. The van der Waals surface area contributed by atoms with E-state index in [1.165, 1.54) is 26.2 Å². The molecular weight excluding hydrogens is 312 g/mol. The molecule has 0 unspecified atom stereocenters. The number of benzene rings is 1. The highest BCUT2D eigenvalue weighted by molar-refractivity contribution is 5.99. The van der Waals surface area contributed by atoms with E-state index in [0.29, 0.717) is 11.4 Å². The van der Waals surface area contributed by atoms with Crippen LogP contribution in [0.2, 0.25) is 0 Å². The Morgan fingerprint density at radius 3 is 2.64 bits per heavy atom. The number of likely N-dealkylation sites (N-methyl/N-ethyl adjacent to an activating group) is 1. The van der Waals surface area contributed by atoms with Gasteiger partial charge in [-0.05, 0) is 12.1 Å². The van der Waals surface area contributed by atoms with Crippen LogP contribution in [-0.2, 0) is 9.53 Å². The molecule has 8 nitrogen and oxygen atoms in total. The zero-order valence-electron chi connectivity index (χ0n) is 12.5. The number of carbonyl (C=O) groups is 2. The van der Waals surface area contributed by atoms with Crippen LogP contribution in [0.1, 0.15) is 0 Å². The third-order valence-electron chi connectivity index (χ3n) is 2.52. The second-order valence-corrected chi connectivity index (χ2v) is 4.06. The molecule has 0 saturated heterocycles. The van der Waals surface area contributed by atoms with Gasteiger partial charge in [0.15, 0.2) is 0 Å². The molecule has 1 aromatic carbocycles. The summed E-state index contributed by atoms with van der Waals surface area (Å²) in [5.74, 6) is 0.0252. The molecule has 0 saturated carbocycles. The summed E-state index contributed by atoms with van der Waals surface area (Å²) in [5, 5.41) is 2.54. The Balaban J connectivity index is 0.00000441. The molecule has 9 heteroatoms. The molecule has 0 bridgehead atoms. The summed E-state index contributed by atoms with van der Waals surface area (Å²) < 4.78 is 9.53. The van der Waals surface area contributed by atoms with E-state index in [1.54, 1.807) is 24.3 Å². The van der Waals surface area contributed by atoms with Crippen LogP contribution in [0.4, 0.5) is 10.5 Å². The van der Waals surface area contributed by atoms with Crippen molar-refractivity contribution in [3.05, 3.63) is 24.3 Å². The number of nitrogens with two attached hydrogens (primary N) is 1. The number of guanidine groups is 1. The smallest absolute Gasteiger partial charge is 0.348 e. The number of anilines is 1. The van der Waals surface area contributed by atoms with E-state index < -0.39 is 12.0 Å². The number of halogens is 1. The Hall–Kier alpha value is -2.48. The van der Waals surface area contributed by atoms with E-state index in [4.69, 9.17) is 10.5 Å². The van der Waals surface area contributed by atoms with Gasteiger partial charge >= 0.3 is 12.0 Å². The largest absolute Gasteiger partial charge is 0.497 e. The van der Waals surface area contributed by atoms with E-state index in [1.807, 2.05) is 0 Å². The van der Waals surface area contributed by atoms with Crippen molar-refractivity contribution < 1.29 is 19.1 Å². The molecule has 0 atom stereocenters. The maximum atomic E-state index is 11.7. The summed E-state index contributed by atoms with van der Waals surface area (Å²) in [6.07, 6.45) is 0. The van der Waals surface area contributed by atoms with Gasteiger partial charge in [-0.25, -0.2) is 4.79 Å². The number of carbonyl (C=O) groups excluding carboxylic acids is 2. The van der Waals surface area contributed by atoms with Crippen molar-refractivity contribution in [3.63, 3.8) is 0 Å². The molecule has 0 radical (unpaired) electrons. The second-order valence-electron chi connectivity index (χ2n) is 4.06. The monoisotopic (exact) mass is 330 g/mol. The third-order valence-corrected chi connectivity index (χ3v) is 2.52. The van der Waals surface area contributed by atoms with Gasteiger partial charge in [-0.1, -0.05) is 6.07 Å². The Bertz CT molecular complexity index is 551. The van der Waals surface area contributed by atoms with Gasteiger partial charge in [0.25, 0.3) is 0 Å². The molecule has 122 valence electrons. The van der Waals surface area contributed by atoms with E-state index in [9.17, 15) is 9.59 Å². The maximum absolute atomic E-state index is 11.7. The topological polar surface area (TPSA) is 106 Å². The van der Waals surface area contributed by atoms with Crippen LogP contribution in [-0.4, -0.2) is 50.7 Å². The van der Waals surface area contributed by atoms with E-state index in [-0.39, 0.29) is 24.9 Å². The summed E-state index contributed by atoms with van der Waals surface area (Å²) >= 11 is 0. The highest BCUT2D eigenvalue weighted by Crippen LogP contribution is 2.16. The number of rotatable bonds is 4. The van der Waals surface area contributed by atoms with E-state index >= 15 is 0 Å². The van der Waals surface area contributed by atoms with Crippen molar-refractivity contribution in [2.24, 2.45) is 10.7 Å². The molecule has 2 amide bonds. The molecule has 0 aromatic heterocycles. The average molecular weight is 331 g/mol. The highest BCUT2D eigenvalue weighted by Gasteiger charge is 2.10. The molecule has 22 heavy (non-hydrogen) atoms. The summed E-state index contributed by atoms with van der Waals surface area (Å²) in [7, 11) is 4.31. The van der Waals surface area contributed by atoms with Gasteiger partial charge < -0.3 is 25.4 Å². The number of methoxy groups -OCH3 is 2. The van der Waals surface area contributed by atoms with Crippen LogP contribution in [0, 0.1) is 0 Å². The minimum absolute atomic E-state index is 0. The number of nitrogens with one attached hydrogen (secondary N) is 1. The van der Waals surface area contributed by atoms with Crippen molar-refractivity contribution in [1.29, 1.82) is 0 Å². The predicted octanol–water partition coefficient (Wildman–Crippen LogP) is 1.07. The van der Waals surface area contributed by atoms with Crippen LogP contribution in [0.3, 0.4) is 0 Å². The van der Waals surface area contributed by atoms with Crippen molar-refractivity contribution in [2.75, 3.05) is 33.1 Å². The average Bonchev–Trinajstić information content (AvgIpc) is 2.46. The van der Waals surface area contributed by atoms with Crippen LogP contribution in [0.5, 0.6) is 5.75 Å². The number of ether oxygens (including phenoxy) is 2. The molecular formula is C13H19ClN4O4. The number of esters is 1. The molecule has 0 spiro atoms. The fourth-order valence-electron chi connectivity index (χ4n) is 1.38. The maximum Gasteiger partial charge on any atom is 0.348 e. The molecule has 0 aliphatic rings. The van der Waals surface area contributed by atoms with E-state index in [2.05, 4.69) is 15.0 Å². The lowest BCUT2D eigenvalue weighted by molar-refractivity contribution is -0.140. The van der Waals surface area contributed by atoms with Crippen molar-refractivity contribution in [3.8, 4) is 5.75 Å². The minimum atomic E-state index is -0.655. The van der Waals surface area contributed by atoms with Crippen LogP contribution in [0.15, 0.2) is 29.3 Å². The van der Waals surface area contributed by atoms with Gasteiger partial charge in [-0.15, -0.1) is 12.4 Å². The first-order valence-corrected chi connectivity index (χ1v) is 6.03.